The van der Waals surface area contributed by atoms with Crippen LogP contribution in [0.2, 0.25) is 10.0 Å². The quantitative estimate of drug-likeness (QED) is 0.331. The van der Waals surface area contributed by atoms with E-state index in [0.29, 0.717) is 41.3 Å². The van der Waals surface area contributed by atoms with Crippen molar-refractivity contribution < 1.29 is 9.47 Å². The van der Waals surface area contributed by atoms with Crippen molar-refractivity contribution in [1.82, 2.24) is 25.5 Å². The van der Waals surface area contributed by atoms with Crippen molar-refractivity contribution in [3.05, 3.63) is 57.6 Å². The first-order valence-corrected chi connectivity index (χ1v) is 11.2. The molecule has 3 aromatic rings. The molecule has 0 spiro atoms. The fraction of sp³-hybridized carbons (Fsp3) is 0.350. The highest BCUT2D eigenvalue weighted by atomic mass is 35.5. The molecule has 1 aromatic heterocycles. The largest absolute Gasteiger partial charge is 0.490 e. The molecule has 7 nitrogen and oxygen atoms in total. The molecule has 0 unspecified atom stereocenters. The maximum atomic E-state index is 6.49. The zero-order valence-corrected chi connectivity index (χ0v) is 19.1. The number of hydrogen-bond donors (Lipinski definition) is 1. The predicted molar refractivity (Wildman–Crippen MR) is 120 cm³/mol. The molecule has 0 aliphatic carbocycles. The Morgan fingerprint density at radius 3 is 2.70 bits per heavy atom. The molecule has 0 amide bonds. The molecule has 1 N–H and O–H groups in total. The Morgan fingerprint density at radius 1 is 1.13 bits per heavy atom. The molecule has 0 aliphatic rings. The van der Waals surface area contributed by atoms with E-state index in [-0.39, 0.29) is 0 Å². The first kappa shape index (κ1) is 22.7. The van der Waals surface area contributed by atoms with Crippen LogP contribution in [0.25, 0.3) is 0 Å². The Bertz CT molecular complexity index is 970. The van der Waals surface area contributed by atoms with E-state index in [1.165, 1.54) is 0 Å². The molecule has 0 atom stereocenters. The molecule has 0 bridgehead atoms. The van der Waals surface area contributed by atoms with Crippen LogP contribution in [-0.4, -0.2) is 39.1 Å². The van der Waals surface area contributed by atoms with Gasteiger partial charge >= 0.3 is 0 Å². The van der Waals surface area contributed by atoms with Crippen LogP contribution >= 0.6 is 35.0 Å². The van der Waals surface area contributed by atoms with Gasteiger partial charge in [-0.05, 0) is 46.7 Å². The highest BCUT2D eigenvalue weighted by Gasteiger charge is 2.12. The average molecular weight is 468 g/mol. The summed E-state index contributed by atoms with van der Waals surface area (Å²) in [5, 5.41) is 16.9. The first-order chi connectivity index (χ1) is 14.6. The number of halogens is 2. The van der Waals surface area contributed by atoms with E-state index in [1.807, 2.05) is 44.3 Å². The Kier molecular flexibility index (Phi) is 8.62. The molecule has 30 heavy (non-hydrogen) atoms. The summed E-state index contributed by atoms with van der Waals surface area (Å²) in [7, 11) is 1.82. The van der Waals surface area contributed by atoms with Gasteiger partial charge in [0.25, 0.3) is 0 Å². The van der Waals surface area contributed by atoms with E-state index in [2.05, 4.69) is 20.8 Å². The number of hydrogen-bond acceptors (Lipinski definition) is 7. The molecule has 10 heteroatoms. The van der Waals surface area contributed by atoms with Crippen LogP contribution in [0.5, 0.6) is 11.5 Å². The van der Waals surface area contributed by atoms with Crippen molar-refractivity contribution in [3.63, 3.8) is 0 Å². The van der Waals surface area contributed by atoms with Crippen LogP contribution in [0, 0.1) is 0 Å². The molecule has 0 fully saturated rings. The minimum atomic E-state index is 0.378. The van der Waals surface area contributed by atoms with Crippen molar-refractivity contribution in [3.8, 4) is 11.5 Å². The second-order valence-electron chi connectivity index (χ2n) is 6.35. The monoisotopic (exact) mass is 467 g/mol. The fourth-order valence-electron chi connectivity index (χ4n) is 2.66. The summed E-state index contributed by atoms with van der Waals surface area (Å²) in [6, 6.07) is 11.3. The number of nitrogens with one attached hydrogen (secondary N) is 1. The normalized spacial score (nSPS) is 10.9. The van der Waals surface area contributed by atoms with E-state index in [0.717, 1.165) is 28.6 Å². The molecule has 0 radical (unpaired) electrons. The van der Waals surface area contributed by atoms with Crippen molar-refractivity contribution in [2.75, 3.05) is 18.9 Å². The average Bonchev–Trinajstić information content (AvgIpc) is 3.13. The van der Waals surface area contributed by atoms with Crippen molar-refractivity contribution in [2.45, 2.75) is 25.2 Å². The molecule has 160 valence electrons. The number of benzene rings is 2. The van der Waals surface area contributed by atoms with E-state index < -0.39 is 0 Å². The summed E-state index contributed by atoms with van der Waals surface area (Å²) < 4.78 is 13.4. The van der Waals surface area contributed by atoms with Gasteiger partial charge < -0.3 is 14.8 Å². The highest BCUT2D eigenvalue weighted by molar-refractivity contribution is 7.99. The fourth-order valence-corrected chi connectivity index (χ4v) is 3.84. The zero-order chi connectivity index (χ0) is 21.3. The molecular weight excluding hydrogens is 445 g/mol. The van der Waals surface area contributed by atoms with Gasteiger partial charge in [-0.2, -0.15) is 0 Å². The van der Waals surface area contributed by atoms with E-state index in [4.69, 9.17) is 32.7 Å². The van der Waals surface area contributed by atoms with Crippen molar-refractivity contribution >= 4 is 35.0 Å². The number of aromatic nitrogens is 4. The maximum Gasteiger partial charge on any atom is 0.209 e. The van der Waals surface area contributed by atoms with Gasteiger partial charge in [0.2, 0.25) is 5.16 Å². The van der Waals surface area contributed by atoms with Crippen LogP contribution in [0.3, 0.4) is 0 Å². The number of aryl methyl sites for hydroxylation is 1. The summed E-state index contributed by atoms with van der Waals surface area (Å²) in [5.74, 6) is 2.11. The zero-order valence-electron chi connectivity index (χ0n) is 16.8. The van der Waals surface area contributed by atoms with E-state index >= 15 is 0 Å². The lowest BCUT2D eigenvalue weighted by atomic mass is 10.2. The Morgan fingerprint density at radius 2 is 1.97 bits per heavy atom. The second-order valence-corrected chi connectivity index (χ2v) is 8.26. The third kappa shape index (κ3) is 6.50. The smallest absolute Gasteiger partial charge is 0.209 e. The third-order valence-electron chi connectivity index (χ3n) is 4.10. The topological polar surface area (TPSA) is 74.1 Å². The Hall–Kier alpha value is -2.00. The van der Waals surface area contributed by atoms with Crippen molar-refractivity contribution in [1.29, 1.82) is 0 Å². The minimum absolute atomic E-state index is 0.378. The molecular formula is C20H23Cl2N5O2S. The van der Waals surface area contributed by atoms with Crippen LogP contribution in [0.15, 0.2) is 41.6 Å². The highest BCUT2D eigenvalue weighted by Crippen LogP contribution is 2.34. The van der Waals surface area contributed by atoms with E-state index in [9.17, 15) is 0 Å². The van der Waals surface area contributed by atoms with Gasteiger partial charge in [-0.25, -0.2) is 4.68 Å². The Balaban J connectivity index is 1.57. The second kappa shape index (κ2) is 11.4. The Labute approximate surface area is 190 Å². The van der Waals surface area contributed by atoms with Crippen molar-refractivity contribution in [2.24, 2.45) is 7.05 Å². The molecule has 3 rings (SSSR count). The van der Waals surface area contributed by atoms with Gasteiger partial charge in [0.05, 0.1) is 6.61 Å². The summed E-state index contributed by atoms with van der Waals surface area (Å²) in [5.41, 5.74) is 1.92. The lowest BCUT2D eigenvalue weighted by Gasteiger charge is -2.15. The standard InChI is InChI=1S/C20H23Cl2N5O2S/c1-3-28-18-10-15(12-23-7-8-30-20-24-25-26-27(20)2)17(22)11-19(18)29-13-14-5-4-6-16(21)9-14/h4-6,9-11,23H,3,7-8,12-13H2,1-2H3. The van der Waals surface area contributed by atoms with Gasteiger partial charge in [-0.1, -0.05) is 47.1 Å². The van der Waals surface area contributed by atoms with Gasteiger partial charge in [-0.15, -0.1) is 5.10 Å². The number of nitrogens with zero attached hydrogens (tertiary/aromatic N) is 4. The minimum Gasteiger partial charge on any atom is -0.490 e. The van der Waals surface area contributed by atoms with Crippen LogP contribution in [-0.2, 0) is 20.2 Å². The lowest BCUT2D eigenvalue weighted by Crippen LogP contribution is -2.17. The van der Waals surface area contributed by atoms with Gasteiger partial charge in [0, 0.05) is 42.0 Å². The maximum absolute atomic E-state index is 6.49. The number of tetrazole rings is 1. The SMILES string of the molecule is CCOc1cc(CNCCSc2nnnn2C)c(Cl)cc1OCc1cccc(Cl)c1. The molecule has 0 saturated carbocycles. The number of ether oxygens (including phenoxy) is 2. The van der Waals surface area contributed by atoms with Gasteiger partial charge in [0.15, 0.2) is 11.5 Å². The molecule has 1 heterocycles. The van der Waals surface area contributed by atoms with E-state index in [1.54, 1.807) is 22.5 Å². The lowest BCUT2D eigenvalue weighted by molar-refractivity contribution is 0.269. The summed E-state index contributed by atoms with van der Waals surface area (Å²) in [6.45, 7) is 4.24. The molecule has 0 saturated heterocycles. The first-order valence-electron chi connectivity index (χ1n) is 9.45. The summed E-state index contributed by atoms with van der Waals surface area (Å²) in [4.78, 5) is 0. The number of rotatable bonds is 11. The summed E-state index contributed by atoms with van der Waals surface area (Å²) in [6.07, 6.45) is 0. The van der Waals surface area contributed by atoms with Crippen LogP contribution < -0.4 is 14.8 Å². The third-order valence-corrected chi connectivity index (χ3v) is 5.70. The van der Waals surface area contributed by atoms with Gasteiger partial charge in [-0.3, -0.25) is 0 Å². The molecule has 2 aromatic carbocycles. The molecule has 0 aliphatic heterocycles. The van der Waals surface area contributed by atoms with Crippen LogP contribution in [0.4, 0.5) is 0 Å². The summed E-state index contributed by atoms with van der Waals surface area (Å²) >= 11 is 14.1. The number of thioether (sulfide) groups is 1. The van der Waals surface area contributed by atoms with Gasteiger partial charge in [0.1, 0.15) is 6.61 Å². The predicted octanol–water partition coefficient (Wildman–Crippen LogP) is 4.38. The van der Waals surface area contributed by atoms with Crippen LogP contribution in [0.1, 0.15) is 18.1 Å².